The maximum Gasteiger partial charge on any atom is 0.460 e. The van der Waals surface area contributed by atoms with Crippen LogP contribution >= 0.6 is 0 Å². The van der Waals surface area contributed by atoms with Crippen LogP contribution in [0.5, 0.6) is 0 Å². The molecule has 0 amide bonds. The fourth-order valence-corrected chi connectivity index (χ4v) is 1.49. The van der Waals surface area contributed by atoms with E-state index >= 15 is 0 Å². The summed E-state index contributed by atoms with van der Waals surface area (Å²) in [7, 11) is 0. The molecular weight excluding hydrogens is 455 g/mol. The zero-order valence-electron chi connectivity index (χ0n) is 12.6. The van der Waals surface area contributed by atoms with Crippen molar-refractivity contribution in [1.82, 2.24) is 0 Å². The summed E-state index contributed by atoms with van der Waals surface area (Å²) in [4.78, 5) is 0. The van der Waals surface area contributed by atoms with Gasteiger partial charge in [0.25, 0.3) is 0 Å². The van der Waals surface area contributed by atoms with Gasteiger partial charge in [-0.1, -0.05) is 6.08 Å². The van der Waals surface area contributed by atoms with Crippen molar-refractivity contribution >= 4 is 0 Å². The van der Waals surface area contributed by atoms with Gasteiger partial charge in [0, 0.05) is 0 Å². The fourth-order valence-electron chi connectivity index (χ4n) is 1.49. The van der Waals surface area contributed by atoms with Crippen LogP contribution in [0.25, 0.3) is 0 Å². The summed E-state index contributed by atoms with van der Waals surface area (Å²) in [5.41, 5.74) is 0. The molecule has 0 nitrogen and oxygen atoms in total. The molecule has 0 spiro atoms. The molecule has 0 N–H and O–H groups in total. The number of hydrogen-bond donors (Lipinski definition) is 0. The minimum Gasteiger partial charge on any atom is -0.195 e. The van der Waals surface area contributed by atoms with Crippen molar-refractivity contribution in [2.24, 2.45) is 0 Å². The van der Waals surface area contributed by atoms with Crippen molar-refractivity contribution in [1.29, 1.82) is 0 Å². The molecule has 0 aliphatic rings. The van der Waals surface area contributed by atoms with Crippen LogP contribution < -0.4 is 0 Å². The predicted molar refractivity (Wildman–Crippen MR) is 55.5 cm³/mol. The minimum atomic E-state index is -8.59. The third-order valence-corrected chi connectivity index (χ3v) is 3.12. The Morgan fingerprint density at radius 1 is 0.393 bits per heavy atom. The molecular formula is C11H5F17. The lowest BCUT2D eigenvalue weighted by molar-refractivity contribution is -0.459. The van der Waals surface area contributed by atoms with Gasteiger partial charge in [0.1, 0.15) is 0 Å². The summed E-state index contributed by atoms with van der Waals surface area (Å²) in [6, 6.07) is 0. The first-order valence-corrected chi connectivity index (χ1v) is 6.16. The fraction of sp³-hybridized carbons (Fsp3) is 0.818. The number of halogens is 17. The van der Waals surface area contributed by atoms with E-state index in [1.807, 2.05) is 0 Å². The Balaban J connectivity index is 6.72. The zero-order chi connectivity index (χ0) is 23.4. The quantitative estimate of drug-likeness (QED) is 0.298. The highest BCUT2D eigenvalue weighted by molar-refractivity contribution is 5.17. The standard InChI is InChI=1S/C11H5F17/c1-2-3-4(12,13)5(14,15)6(16,17)7(18,19)8(20,21)9(22,23)10(24,25)11(26,27)28/h2-3H,1H3/b3-2+. The second-order valence-corrected chi connectivity index (χ2v) is 5.07. The van der Waals surface area contributed by atoms with E-state index in [4.69, 9.17) is 0 Å². The van der Waals surface area contributed by atoms with Crippen molar-refractivity contribution in [3.8, 4) is 0 Å². The lowest BCUT2D eigenvalue weighted by atomic mass is 9.89. The van der Waals surface area contributed by atoms with Crippen LogP contribution in [0.15, 0.2) is 12.2 Å². The summed E-state index contributed by atoms with van der Waals surface area (Å²) in [5.74, 6) is -56.0. The van der Waals surface area contributed by atoms with Crippen LogP contribution in [-0.2, 0) is 0 Å². The van der Waals surface area contributed by atoms with Crippen molar-refractivity contribution < 1.29 is 74.6 Å². The van der Waals surface area contributed by atoms with Gasteiger partial charge >= 0.3 is 47.6 Å². The number of alkyl halides is 17. The molecule has 0 saturated heterocycles. The molecule has 0 aromatic rings. The Kier molecular flexibility index (Phi) is 6.19. The van der Waals surface area contributed by atoms with Crippen LogP contribution in [0, 0.1) is 0 Å². The molecule has 0 saturated carbocycles. The zero-order valence-corrected chi connectivity index (χ0v) is 12.6. The molecule has 0 bridgehead atoms. The smallest absolute Gasteiger partial charge is 0.195 e. The Bertz CT molecular complexity index is 593. The second-order valence-electron chi connectivity index (χ2n) is 5.07. The normalized spacial score (nSPS) is 16.8. The van der Waals surface area contributed by atoms with Crippen LogP contribution in [0.2, 0.25) is 0 Å². The molecule has 0 rings (SSSR count). The van der Waals surface area contributed by atoms with E-state index in [9.17, 15) is 74.6 Å². The molecule has 0 radical (unpaired) electrons. The molecule has 0 aromatic heterocycles. The van der Waals surface area contributed by atoms with Crippen LogP contribution in [-0.4, -0.2) is 47.6 Å². The molecule has 0 unspecified atom stereocenters. The van der Waals surface area contributed by atoms with E-state index < -0.39 is 53.7 Å². The van der Waals surface area contributed by atoms with Crippen LogP contribution in [0.4, 0.5) is 74.6 Å². The minimum absolute atomic E-state index is 0.188. The van der Waals surface area contributed by atoms with Crippen molar-refractivity contribution in [2.45, 2.75) is 54.6 Å². The maximum atomic E-state index is 13.2. The van der Waals surface area contributed by atoms with Crippen LogP contribution in [0.3, 0.4) is 0 Å². The van der Waals surface area contributed by atoms with Gasteiger partial charge in [-0.3, -0.25) is 0 Å². The van der Waals surface area contributed by atoms with Gasteiger partial charge in [-0.2, -0.15) is 74.6 Å². The predicted octanol–water partition coefficient (Wildman–Crippen LogP) is 6.57. The SMILES string of the molecule is C/C=C/C(F)(F)C(F)(F)C(F)(F)C(F)(F)C(F)(F)C(F)(F)C(F)(F)C(F)(F)F. The molecule has 0 heterocycles. The molecule has 0 atom stereocenters. The Morgan fingerprint density at radius 2 is 0.643 bits per heavy atom. The van der Waals surface area contributed by atoms with Gasteiger partial charge in [0.2, 0.25) is 0 Å². The summed E-state index contributed by atoms with van der Waals surface area (Å²) in [6.07, 6.45) is -9.19. The highest BCUT2D eigenvalue weighted by atomic mass is 19.4. The van der Waals surface area contributed by atoms with E-state index in [0.717, 1.165) is 0 Å². The topological polar surface area (TPSA) is 0 Å². The Hall–Kier alpha value is -1.45. The van der Waals surface area contributed by atoms with E-state index in [1.54, 1.807) is 0 Å². The monoisotopic (exact) mass is 460 g/mol. The van der Waals surface area contributed by atoms with E-state index in [1.165, 1.54) is 0 Å². The molecule has 28 heavy (non-hydrogen) atoms. The molecule has 0 fully saturated rings. The first kappa shape index (κ1) is 26.6. The average Bonchev–Trinajstić information content (AvgIpc) is 2.44. The Morgan fingerprint density at radius 3 is 0.893 bits per heavy atom. The van der Waals surface area contributed by atoms with Gasteiger partial charge in [-0.05, 0) is 13.0 Å². The van der Waals surface area contributed by atoms with E-state index in [-0.39, 0.29) is 6.08 Å². The van der Waals surface area contributed by atoms with Crippen molar-refractivity contribution in [2.75, 3.05) is 0 Å². The van der Waals surface area contributed by atoms with Gasteiger partial charge < -0.3 is 0 Å². The van der Waals surface area contributed by atoms with Gasteiger partial charge in [0.05, 0.1) is 0 Å². The first-order valence-electron chi connectivity index (χ1n) is 6.16. The third kappa shape index (κ3) is 3.17. The summed E-state index contributed by atoms with van der Waals surface area (Å²) < 4.78 is 217. The van der Waals surface area contributed by atoms with E-state index in [2.05, 4.69) is 0 Å². The summed E-state index contributed by atoms with van der Waals surface area (Å²) in [6.45, 7) is 0.410. The average molecular weight is 460 g/mol. The molecule has 0 aliphatic heterocycles. The van der Waals surface area contributed by atoms with Crippen LogP contribution in [0.1, 0.15) is 6.92 Å². The Labute approximate surface area is 143 Å². The highest BCUT2D eigenvalue weighted by Crippen LogP contribution is 2.63. The lowest BCUT2D eigenvalue weighted by Gasteiger charge is -2.42. The van der Waals surface area contributed by atoms with Crippen molar-refractivity contribution in [3.05, 3.63) is 12.2 Å². The maximum absolute atomic E-state index is 13.2. The van der Waals surface area contributed by atoms with Gasteiger partial charge in [0.15, 0.2) is 0 Å². The third-order valence-electron chi connectivity index (χ3n) is 3.12. The molecule has 0 aromatic carbocycles. The summed E-state index contributed by atoms with van der Waals surface area (Å²) in [5, 5.41) is 0. The molecule has 168 valence electrons. The van der Waals surface area contributed by atoms with Gasteiger partial charge in [-0.15, -0.1) is 0 Å². The number of allylic oxidation sites excluding steroid dienone is 2. The summed E-state index contributed by atoms with van der Waals surface area (Å²) >= 11 is 0. The lowest BCUT2D eigenvalue weighted by Crippen LogP contribution is -2.74. The largest absolute Gasteiger partial charge is 0.460 e. The number of rotatable bonds is 7. The first-order chi connectivity index (χ1) is 11.8. The van der Waals surface area contributed by atoms with Gasteiger partial charge in [-0.25, -0.2) is 0 Å². The second kappa shape index (κ2) is 6.53. The molecule has 0 aliphatic carbocycles. The number of hydrogen-bond acceptors (Lipinski definition) is 0. The highest BCUT2D eigenvalue weighted by Gasteiger charge is 2.95. The molecule has 17 heteroatoms. The van der Waals surface area contributed by atoms with Crippen molar-refractivity contribution in [3.63, 3.8) is 0 Å². The van der Waals surface area contributed by atoms with E-state index in [0.29, 0.717) is 6.92 Å².